The molecule has 0 aromatic carbocycles. The van der Waals surface area contributed by atoms with E-state index in [-0.39, 0.29) is 0 Å². The van der Waals surface area contributed by atoms with E-state index in [1.165, 1.54) is 29.0 Å². The lowest BCUT2D eigenvalue weighted by Crippen LogP contribution is -2.35. The lowest BCUT2D eigenvalue weighted by molar-refractivity contribution is 0.108. The molecule has 1 aromatic rings. The Bertz CT molecular complexity index is 605. The minimum Gasteiger partial charge on any atom is -0.375 e. The highest BCUT2D eigenvalue weighted by Crippen LogP contribution is 2.29. The number of nitrogens with zero attached hydrogens (tertiary/aromatic N) is 3. The molecule has 1 fully saturated rings. The van der Waals surface area contributed by atoms with E-state index in [0.717, 1.165) is 30.3 Å². The van der Waals surface area contributed by atoms with Crippen molar-refractivity contribution in [3.63, 3.8) is 0 Å². The molecule has 0 radical (unpaired) electrons. The summed E-state index contributed by atoms with van der Waals surface area (Å²) in [7, 11) is -1.26. The molecule has 7 heteroatoms. The molecule has 1 aliphatic heterocycles. The Morgan fingerprint density at radius 3 is 2.80 bits per heavy atom. The summed E-state index contributed by atoms with van der Waals surface area (Å²) in [5.41, 5.74) is 3.13. The van der Waals surface area contributed by atoms with Crippen LogP contribution in [0, 0.1) is 5.92 Å². The molecule has 20 heavy (non-hydrogen) atoms. The van der Waals surface area contributed by atoms with Gasteiger partial charge in [0.15, 0.2) is 0 Å². The van der Waals surface area contributed by atoms with E-state index in [1.807, 2.05) is 7.05 Å². The number of aryl methyl sites for hydroxylation is 1. The van der Waals surface area contributed by atoms with Crippen LogP contribution in [0.4, 0.5) is 0 Å². The van der Waals surface area contributed by atoms with Crippen LogP contribution in [0.5, 0.6) is 0 Å². The topological polar surface area (TPSA) is 64.4 Å². The van der Waals surface area contributed by atoms with Crippen LogP contribution < -0.4 is 0 Å². The third-order valence-corrected chi connectivity index (χ3v) is 5.30. The zero-order valence-electron chi connectivity index (χ0n) is 12.0. The fourth-order valence-corrected chi connectivity index (χ4v) is 3.42. The van der Waals surface area contributed by atoms with E-state index in [1.54, 1.807) is 4.68 Å². The molecular weight excluding hydrogens is 278 g/mol. The van der Waals surface area contributed by atoms with Gasteiger partial charge in [-0.25, -0.2) is 8.42 Å². The average molecular weight is 299 g/mol. The van der Waals surface area contributed by atoms with Crippen molar-refractivity contribution in [3.8, 4) is 0 Å². The SMILES string of the molecule is Cn1nc(COCC2CC2)c2c1CN(S(C)(=O)=O)CC2. The van der Waals surface area contributed by atoms with Crippen LogP contribution in [-0.2, 0) is 41.4 Å². The first kappa shape index (κ1) is 14.0. The van der Waals surface area contributed by atoms with Gasteiger partial charge in [-0.1, -0.05) is 0 Å². The Morgan fingerprint density at radius 1 is 1.40 bits per heavy atom. The molecule has 1 aromatic heterocycles. The Hall–Kier alpha value is -0.920. The maximum Gasteiger partial charge on any atom is 0.211 e. The molecule has 0 atom stereocenters. The van der Waals surface area contributed by atoms with Gasteiger partial charge in [-0.15, -0.1) is 0 Å². The Kier molecular flexibility index (Phi) is 3.60. The second-order valence-corrected chi connectivity index (χ2v) is 7.78. The first-order valence-electron chi connectivity index (χ1n) is 7.01. The van der Waals surface area contributed by atoms with Gasteiger partial charge < -0.3 is 4.74 Å². The van der Waals surface area contributed by atoms with Gasteiger partial charge in [0.05, 0.1) is 30.8 Å². The van der Waals surface area contributed by atoms with Crippen molar-refractivity contribution in [2.45, 2.75) is 32.4 Å². The van der Waals surface area contributed by atoms with Crippen LogP contribution in [0.25, 0.3) is 0 Å². The van der Waals surface area contributed by atoms with Crippen molar-refractivity contribution in [1.29, 1.82) is 0 Å². The summed E-state index contributed by atoms with van der Waals surface area (Å²) < 4.78 is 32.3. The third kappa shape index (κ3) is 2.89. The largest absolute Gasteiger partial charge is 0.375 e. The number of aromatic nitrogens is 2. The molecule has 0 bridgehead atoms. The van der Waals surface area contributed by atoms with Gasteiger partial charge in [0.25, 0.3) is 0 Å². The van der Waals surface area contributed by atoms with Crippen LogP contribution in [0.15, 0.2) is 0 Å². The van der Waals surface area contributed by atoms with E-state index in [9.17, 15) is 8.42 Å². The number of fused-ring (bicyclic) bond motifs is 1. The zero-order valence-corrected chi connectivity index (χ0v) is 12.8. The van der Waals surface area contributed by atoms with Crippen LogP contribution >= 0.6 is 0 Å². The summed E-state index contributed by atoms with van der Waals surface area (Å²) in [5, 5.41) is 4.50. The normalized spacial score (nSPS) is 20.1. The van der Waals surface area contributed by atoms with Crippen LogP contribution in [0.2, 0.25) is 0 Å². The van der Waals surface area contributed by atoms with Gasteiger partial charge >= 0.3 is 0 Å². The van der Waals surface area contributed by atoms with E-state index in [2.05, 4.69) is 5.10 Å². The average Bonchev–Trinajstić information content (AvgIpc) is 3.14. The minimum atomic E-state index is -3.14. The van der Waals surface area contributed by atoms with Gasteiger partial charge in [-0.3, -0.25) is 4.68 Å². The fourth-order valence-electron chi connectivity index (χ4n) is 2.64. The molecule has 0 saturated heterocycles. The molecule has 1 saturated carbocycles. The highest BCUT2D eigenvalue weighted by atomic mass is 32.2. The number of rotatable bonds is 5. The number of ether oxygens (including phenoxy) is 1. The molecule has 2 heterocycles. The van der Waals surface area contributed by atoms with Crippen LogP contribution in [-0.4, -0.2) is 41.9 Å². The highest BCUT2D eigenvalue weighted by molar-refractivity contribution is 7.88. The van der Waals surface area contributed by atoms with Gasteiger partial charge in [0.1, 0.15) is 0 Å². The molecule has 112 valence electrons. The predicted octanol–water partition coefficient (Wildman–Crippen LogP) is 0.664. The Labute approximate surface area is 119 Å². The maximum atomic E-state index is 11.6. The first-order valence-corrected chi connectivity index (χ1v) is 8.86. The highest BCUT2D eigenvalue weighted by Gasteiger charge is 2.28. The fraction of sp³-hybridized carbons (Fsp3) is 0.769. The van der Waals surface area contributed by atoms with E-state index in [4.69, 9.17) is 4.74 Å². The molecule has 0 amide bonds. The molecule has 3 rings (SSSR count). The third-order valence-electron chi connectivity index (χ3n) is 4.05. The molecular formula is C13H21N3O3S. The number of sulfonamides is 1. The summed E-state index contributed by atoms with van der Waals surface area (Å²) in [6.45, 7) is 2.31. The molecule has 1 aliphatic carbocycles. The summed E-state index contributed by atoms with van der Waals surface area (Å²) in [5.74, 6) is 0.746. The van der Waals surface area contributed by atoms with Crippen molar-refractivity contribution in [2.24, 2.45) is 13.0 Å². The zero-order chi connectivity index (χ0) is 14.3. The van der Waals surface area contributed by atoms with E-state index < -0.39 is 10.0 Å². The molecule has 6 nitrogen and oxygen atoms in total. The second kappa shape index (κ2) is 5.13. The first-order chi connectivity index (χ1) is 9.45. The standard InChI is InChI=1S/C13H21N3O3S/c1-15-13-7-16(20(2,17)18)6-5-11(13)12(14-15)9-19-8-10-3-4-10/h10H,3-9H2,1-2H3. The quantitative estimate of drug-likeness (QED) is 0.801. The van der Waals surface area contributed by atoms with Crippen LogP contribution in [0.1, 0.15) is 29.8 Å². The van der Waals surface area contributed by atoms with Crippen LogP contribution in [0.3, 0.4) is 0 Å². The molecule has 0 N–H and O–H groups in total. The summed E-state index contributed by atoms with van der Waals surface area (Å²) >= 11 is 0. The van der Waals surface area contributed by atoms with Gasteiger partial charge in [0.2, 0.25) is 10.0 Å². The Balaban J connectivity index is 1.72. The lowest BCUT2D eigenvalue weighted by atomic mass is 10.1. The Morgan fingerprint density at radius 2 is 2.15 bits per heavy atom. The molecule has 2 aliphatic rings. The van der Waals surface area contributed by atoms with Crippen molar-refractivity contribution in [1.82, 2.24) is 14.1 Å². The maximum absolute atomic E-state index is 11.6. The van der Waals surface area contributed by atoms with E-state index >= 15 is 0 Å². The molecule has 0 unspecified atom stereocenters. The monoisotopic (exact) mass is 299 g/mol. The van der Waals surface area contributed by atoms with Crippen molar-refractivity contribution in [3.05, 3.63) is 17.0 Å². The predicted molar refractivity (Wildman–Crippen MR) is 74.5 cm³/mol. The van der Waals surface area contributed by atoms with E-state index in [0.29, 0.717) is 19.7 Å². The van der Waals surface area contributed by atoms with Gasteiger partial charge in [0, 0.05) is 25.8 Å². The van der Waals surface area contributed by atoms with Gasteiger partial charge in [-0.2, -0.15) is 9.40 Å². The van der Waals surface area contributed by atoms with Crippen molar-refractivity contribution in [2.75, 3.05) is 19.4 Å². The number of hydrogen-bond acceptors (Lipinski definition) is 4. The summed E-state index contributed by atoms with van der Waals surface area (Å²) in [4.78, 5) is 0. The lowest BCUT2D eigenvalue weighted by Gasteiger charge is -2.25. The molecule has 0 spiro atoms. The summed E-state index contributed by atoms with van der Waals surface area (Å²) in [6, 6.07) is 0. The summed E-state index contributed by atoms with van der Waals surface area (Å²) in [6.07, 6.45) is 4.54. The minimum absolute atomic E-state index is 0.417. The van der Waals surface area contributed by atoms with Crippen molar-refractivity contribution >= 4 is 10.0 Å². The number of hydrogen-bond donors (Lipinski definition) is 0. The smallest absolute Gasteiger partial charge is 0.211 e. The van der Waals surface area contributed by atoms with Gasteiger partial charge in [-0.05, 0) is 25.2 Å². The van der Waals surface area contributed by atoms with Crippen molar-refractivity contribution < 1.29 is 13.2 Å². The second-order valence-electron chi connectivity index (χ2n) is 5.80.